The number of carbonyl (C=O) groups excluding carboxylic acids is 1. The van der Waals surface area contributed by atoms with E-state index in [-0.39, 0.29) is 23.3 Å². The molecule has 1 saturated heterocycles. The molecule has 3 rings (SSSR count). The Hall–Kier alpha value is -2.26. The molecule has 0 saturated carbocycles. The topological polar surface area (TPSA) is 84.3 Å². The minimum atomic E-state index is -3.72. The fourth-order valence-corrected chi connectivity index (χ4v) is 4.69. The second kappa shape index (κ2) is 8.62. The van der Waals surface area contributed by atoms with Gasteiger partial charge in [-0.3, -0.25) is 4.79 Å². The molecule has 0 bridgehead atoms. The number of benzene rings is 1. The molecule has 1 fully saturated rings. The van der Waals surface area contributed by atoms with Crippen molar-refractivity contribution in [2.45, 2.75) is 30.7 Å². The Bertz CT molecular complexity index is 853. The quantitative estimate of drug-likeness (QED) is 0.724. The second-order valence-electron chi connectivity index (χ2n) is 6.60. The van der Waals surface area contributed by atoms with Gasteiger partial charge in [0.15, 0.2) is 0 Å². The van der Waals surface area contributed by atoms with Gasteiger partial charge in [-0.2, -0.15) is 4.31 Å². The fraction of sp³-hybridized carbons (Fsp3) is 0.444. The first-order chi connectivity index (χ1) is 13.0. The van der Waals surface area contributed by atoms with E-state index >= 15 is 0 Å². The number of nitrogens with zero attached hydrogens (tertiary/aromatic N) is 3. The minimum absolute atomic E-state index is 0.0466. The lowest BCUT2D eigenvalue weighted by atomic mass is 9.99. The Kier molecular flexibility index (Phi) is 6.22. The van der Waals surface area contributed by atoms with Gasteiger partial charge in [0.1, 0.15) is 5.82 Å². The van der Waals surface area contributed by atoms with Crippen LogP contribution in [0.25, 0.3) is 0 Å². The third-order valence-electron chi connectivity index (χ3n) is 4.66. The second-order valence-corrected chi connectivity index (χ2v) is 8.54. The number of imidazole rings is 1. The molecular weight excluding hydrogens is 371 g/mol. The molecule has 1 atom stereocenters. The highest BCUT2D eigenvalue weighted by Gasteiger charge is 2.33. The summed E-state index contributed by atoms with van der Waals surface area (Å²) in [6, 6.07) is 4.76. The molecule has 1 aromatic carbocycles. The van der Waals surface area contributed by atoms with Gasteiger partial charge in [-0.05, 0) is 43.5 Å². The van der Waals surface area contributed by atoms with Gasteiger partial charge < -0.3 is 9.88 Å². The summed E-state index contributed by atoms with van der Waals surface area (Å²) in [7, 11) is -3.72. The summed E-state index contributed by atoms with van der Waals surface area (Å²) in [5.74, 6) is -0.984. The van der Waals surface area contributed by atoms with Crippen molar-refractivity contribution in [2.75, 3.05) is 19.6 Å². The van der Waals surface area contributed by atoms with E-state index in [2.05, 4.69) is 10.3 Å². The van der Waals surface area contributed by atoms with E-state index < -0.39 is 15.8 Å². The summed E-state index contributed by atoms with van der Waals surface area (Å²) >= 11 is 0. The van der Waals surface area contributed by atoms with Crippen molar-refractivity contribution in [3.05, 3.63) is 48.8 Å². The number of piperidine rings is 1. The zero-order valence-corrected chi connectivity index (χ0v) is 15.7. The lowest BCUT2D eigenvalue weighted by Gasteiger charge is -2.31. The van der Waals surface area contributed by atoms with Crippen LogP contribution in [0.2, 0.25) is 0 Å². The molecule has 0 spiro atoms. The number of hydrogen-bond acceptors (Lipinski definition) is 4. The van der Waals surface area contributed by atoms with Gasteiger partial charge in [0.25, 0.3) is 0 Å². The molecule has 7 nitrogen and oxygen atoms in total. The number of hydrogen-bond donors (Lipinski definition) is 1. The Labute approximate surface area is 158 Å². The molecule has 2 heterocycles. The smallest absolute Gasteiger partial charge is 0.243 e. The maximum absolute atomic E-state index is 13.1. The zero-order chi connectivity index (χ0) is 19.3. The van der Waals surface area contributed by atoms with E-state index in [1.807, 2.05) is 10.8 Å². The van der Waals surface area contributed by atoms with Gasteiger partial charge in [-0.25, -0.2) is 17.8 Å². The maximum Gasteiger partial charge on any atom is 0.243 e. The molecule has 1 aliphatic rings. The molecule has 1 aliphatic heterocycles. The molecule has 0 aliphatic carbocycles. The number of rotatable bonds is 7. The fourth-order valence-electron chi connectivity index (χ4n) is 3.17. The van der Waals surface area contributed by atoms with Crippen LogP contribution in [-0.4, -0.2) is 47.8 Å². The molecule has 1 N–H and O–H groups in total. The molecule has 146 valence electrons. The van der Waals surface area contributed by atoms with Crippen molar-refractivity contribution >= 4 is 15.9 Å². The predicted molar refractivity (Wildman–Crippen MR) is 97.7 cm³/mol. The van der Waals surface area contributed by atoms with Crippen LogP contribution in [0.15, 0.2) is 47.9 Å². The number of amides is 1. The third kappa shape index (κ3) is 4.92. The molecule has 2 aromatic rings. The van der Waals surface area contributed by atoms with Crippen LogP contribution in [0.5, 0.6) is 0 Å². The van der Waals surface area contributed by atoms with E-state index in [1.165, 1.54) is 16.4 Å². The van der Waals surface area contributed by atoms with Crippen molar-refractivity contribution in [3.8, 4) is 0 Å². The first-order valence-corrected chi connectivity index (χ1v) is 10.4. The van der Waals surface area contributed by atoms with Crippen LogP contribution in [-0.2, 0) is 21.4 Å². The van der Waals surface area contributed by atoms with Crippen molar-refractivity contribution in [3.63, 3.8) is 0 Å². The first kappa shape index (κ1) is 19.5. The van der Waals surface area contributed by atoms with Crippen LogP contribution in [0, 0.1) is 11.7 Å². The highest BCUT2D eigenvalue weighted by Crippen LogP contribution is 2.24. The maximum atomic E-state index is 13.1. The van der Waals surface area contributed by atoms with E-state index in [0.29, 0.717) is 25.9 Å². The number of sulfonamides is 1. The van der Waals surface area contributed by atoms with Gasteiger partial charge in [-0.1, -0.05) is 0 Å². The lowest BCUT2D eigenvalue weighted by molar-refractivity contribution is -0.126. The van der Waals surface area contributed by atoms with E-state index in [9.17, 15) is 17.6 Å². The number of aromatic nitrogens is 2. The Morgan fingerprint density at radius 2 is 2.07 bits per heavy atom. The molecule has 27 heavy (non-hydrogen) atoms. The molecule has 1 aromatic heterocycles. The summed E-state index contributed by atoms with van der Waals surface area (Å²) in [5.41, 5.74) is 0. The van der Waals surface area contributed by atoms with Gasteiger partial charge in [-0.15, -0.1) is 0 Å². The predicted octanol–water partition coefficient (Wildman–Crippen LogP) is 1.63. The third-order valence-corrected chi connectivity index (χ3v) is 6.54. The van der Waals surface area contributed by atoms with Crippen LogP contribution < -0.4 is 5.32 Å². The molecule has 1 amide bonds. The Morgan fingerprint density at radius 1 is 1.30 bits per heavy atom. The van der Waals surface area contributed by atoms with Crippen LogP contribution in [0.4, 0.5) is 4.39 Å². The van der Waals surface area contributed by atoms with E-state index in [0.717, 1.165) is 25.1 Å². The molecule has 9 heteroatoms. The summed E-state index contributed by atoms with van der Waals surface area (Å²) in [4.78, 5) is 16.4. The monoisotopic (exact) mass is 394 g/mol. The SMILES string of the molecule is O=C(NCCCn1ccnc1)[C@H]1CCCN(S(=O)(=O)c2ccc(F)cc2)C1. The number of halogens is 1. The molecular formula is C18H23FN4O3S. The van der Waals surface area contributed by atoms with Crippen LogP contribution >= 0.6 is 0 Å². The van der Waals surface area contributed by atoms with Crippen molar-refractivity contribution in [2.24, 2.45) is 5.92 Å². The number of carbonyl (C=O) groups is 1. The first-order valence-electron chi connectivity index (χ1n) is 8.96. The summed E-state index contributed by atoms with van der Waals surface area (Å²) in [6.07, 6.45) is 7.34. The van der Waals surface area contributed by atoms with Crippen LogP contribution in [0.3, 0.4) is 0 Å². The van der Waals surface area contributed by atoms with Crippen molar-refractivity contribution < 1.29 is 17.6 Å². The number of nitrogens with one attached hydrogen (secondary N) is 1. The normalized spacial score (nSPS) is 18.3. The number of aryl methyl sites for hydroxylation is 1. The van der Waals surface area contributed by atoms with Gasteiger partial charge in [0.05, 0.1) is 17.1 Å². The molecule has 0 unspecified atom stereocenters. The Balaban J connectivity index is 1.53. The zero-order valence-electron chi connectivity index (χ0n) is 14.9. The highest BCUT2D eigenvalue weighted by molar-refractivity contribution is 7.89. The minimum Gasteiger partial charge on any atom is -0.356 e. The summed E-state index contributed by atoms with van der Waals surface area (Å²) in [6.45, 7) is 1.80. The average Bonchev–Trinajstić information content (AvgIpc) is 3.19. The summed E-state index contributed by atoms with van der Waals surface area (Å²) < 4.78 is 41.8. The van der Waals surface area contributed by atoms with E-state index in [1.54, 1.807) is 12.5 Å². The van der Waals surface area contributed by atoms with Crippen LogP contribution in [0.1, 0.15) is 19.3 Å². The lowest BCUT2D eigenvalue weighted by Crippen LogP contribution is -2.45. The highest BCUT2D eigenvalue weighted by atomic mass is 32.2. The average molecular weight is 394 g/mol. The largest absolute Gasteiger partial charge is 0.356 e. The van der Waals surface area contributed by atoms with Crippen molar-refractivity contribution in [1.82, 2.24) is 19.2 Å². The van der Waals surface area contributed by atoms with Crippen molar-refractivity contribution in [1.29, 1.82) is 0 Å². The van der Waals surface area contributed by atoms with E-state index in [4.69, 9.17) is 0 Å². The standard InChI is InChI=1S/C18H23FN4O3S/c19-16-4-6-17(7-5-16)27(25,26)23-11-1-3-15(13-23)18(24)21-8-2-10-22-12-9-20-14-22/h4-7,9,12,14-15H,1-3,8,10-11,13H2,(H,21,24)/t15-/m0/s1. The van der Waals surface area contributed by atoms with Gasteiger partial charge in [0, 0.05) is 38.6 Å². The Morgan fingerprint density at radius 3 is 2.78 bits per heavy atom. The van der Waals surface area contributed by atoms with Gasteiger partial charge in [0.2, 0.25) is 15.9 Å². The molecule has 0 radical (unpaired) electrons. The van der Waals surface area contributed by atoms with Gasteiger partial charge >= 0.3 is 0 Å². The summed E-state index contributed by atoms with van der Waals surface area (Å²) in [5, 5.41) is 2.89.